The number of rotatable bonds is 8. The Kier molecular flexibility index (Phi) is 9.92. The third-order valence-corrected chi connectivity index (χ3v) is 9.03. The summed E-state index contributed by atoms with van der Waals surface area (Å²) in [7, 11) is 1.54. The molecule has 5 rings (SSSR count). The first-order chi connectivity index (χ1) is 21.0. The lowest BCUT2D eigenvalue weighted by Gasteiger charge is -2.26. The topological polar surface area (TPSA) is 79.1 Å². The van der Waals surface area contributed by atoms with Crippen molar-refractivity contribution >= 4 is 74.1 Å². The molecule has 3 aromatic carbocycles. The second kappa shape index (κ2) is 13.5. The van der Waals surface area contributed by atoms with Crippen molar-refractivity contribution in [3.63, 3.8) is 0 Å². The summed E-state index contributed by atoms with van der Waals surface area (Å²) in [5.74, 6) is 0.437. The Balaban J connectivity index is 1.66. The Hall–Kier alpha value is -3.08. The molecular formula is C32H26BrCl3N2O5S. The van der Waals surface area contributed by atoms with E-state index in [1.807, 2.05) is 12.1 Å². The molecule has 1 aliphatic heterocycles. The zero-order chi connectivity index (χ0) is 31.7. The number of aromatic nitrogens is 1. The van der Waals surface area contributed by atoms with Crippen molar-refractivity contribution in [3.05, 3.63) is 122 Å². The van der Waals surface area contributed by atoms with Gasteiger partial charge in [-0.25, -0.2) is 9.79 Å². The van der Waals surface area contributed by atoms with E-state index in [2.05, 4.69) is 20.9 Å². The molecule has 7 nitrogen and oxygen atoms in total. The van der Waals surface area contributed by atoms with E-state index < -0.39 is 12.0 Å². The third-order valence-electron chi connectivity index (χ3n) is 6.73. The molecule has 12 heteroatoms. The van der Waals surface area contributed by atoms with E-state index >= 15 is 0 Å². The fourth-order valence-corrected chi connectivity index (χ4v) is 6.83. The van der Waals surface area contributed by atoms with Crippen molar-refractivity contribution < 1.29 is 19.0 Å². The first-order valence-electron chi connectivity index (χ1n) is 13.4. The number of nitrogens with zero attached hydrogens (tertiary/aromatic N) is 2. The Bertz CT molecular complexity index is 1990. The molecule has 0 saturated carbocycles. The summed E-state index contributed by atoms with van der Waals surface area (Å²) >= 11 is 23.5. The van der Waals surface area contributed by atoms with Gasteiger partial charge in [-0.1, -0.05) is 68.1 Å². The van der Waals surface area contributed by atoms with Crippen LogP contribution in [0.15, 0.2) is 80.1 Å². The Morgan fingerprint density at radius 1 is 1.07 bits per heavy atom. The van der Waals surface area contributed by atoms with Crippen molar-refractivity contribution in [2.24, 2.45) is 4.99 Å². The molecule has 1 atom stereocenters. The molecule has 44 heavy (non-hydrogen) atoms. The maximum atomic E-state index is 14.2. The van der Waals surface area contributed by atoms with Gasteiger partial charge in [0, 0.05) is 36.2 Å². The summed E-state index contributed by atoms with van der Waals surface area (Å²) in [5, 5.41) is 1.47. The van der Waals surface area contributed by atoms with E-state index in [0.717, 1.165) is 10.0 Å². The van der Waals surface area contributed by atoms with Crippen LogP contribution in [0.4, 0.5) is 0 Å². The van der Waals surface area contributed by atoms with Crippen LogP contribution in [-0.4, -0.2) is 23.8 Å². The minimum atomic E-state index is -0.853. The second-order valence-corrected chi connectivity index (χ2v) is 13.3. The summed E-state index contributed by atoms with van der Waals surface area (Å²) in [6.07, 6.45) is 1.33. The number of fused-ring (bicyclic) bond motifs is 1. The van der Waals surface area contributed by atoms with E-state index in [4.69, 9.17) is 49.0 Å². The fourth-order valence-electron chi connectivity index (χ4n) is 4.77. The SMILES string of the molecule is COc1ccc(Br)cc1[C@@H]1C(C(=O)OC(C)C)=C(C)N=c2s/c(=C\c3cc(Cl)ccc3OCc3ccc(Cl)cc3Cl)c(=O)n21. The van der Waals surface area contributed by atoms with Gasteiger partial charge in [0.25, 0.3) is 5.56 Å². The number of benzene rings is 3. The lowest BCUT2D eigenvalue weighted by Crippen LogP contribution is -2.40. The number of carbonyl (C=O) groups is 1. The molecule has 0 bridgehead atoms. The number of hydrogen-bond donors (Lipinski definition) is 0. The number of esters is 1. The Labute approximate surface area is 281 Å². The van der Waals surface area contributed by atoms with E-state index in [9.17, 15) is 9.59 Å². The number of allylic oxidation sites excluding steroid dienone is 1. The van der Waals surface area contributed by atoms with Gasteiger partial charge in [-0.05, 0) is 75.4 Å². The van der Waals surface area contributed by atoms with Crippen LogP contribution in [0, 0.1) is 0 Å². The predicted octanol–water partition coefficient (Wildman–Crippen LogP) is 7.50. The van der Waals surface area contributed by atoms with Crippen molar-refractivity contribution in [2.45, 2.75) is 39.5 Å². The molecule has 0 aliphatic carbocycles. The molecule has 4 aromatic rings. The molecule has 0 saturated heterocycles. The smallest absolute Gasteiger partial charge is 0.338 e. The van der Waals surface area contributed by atoms with Crippen molar-refractivity contribution in [2.75, 3.05) is 7.11 Å². The number of hydrogen-bond acceptors (Lipinski definition) is 7. The highest BCUT2D eigenvalue weighted by Crippen LogP contribution is 2.37. The van der Waals surface area contributed by atoms with Gasteiger partial charge >= 0.3 is 5.97 Å². The summed E-state index contributed by atoms with van der Waals surface area (Å²) in [6.45, 7) is 5.44. The van der Waals surface area contributed by atoms with Gasteiger partial charge in [-0.2, -0.15) is 0 Å². The molecule has 1 aliphatic rings. The van der Waals surface area contributed by atoms with Crippen molar-refractivity contribution in [1.82, 2.24) is 4.57 Å². The molecule has 0 amide bonds. The molecule has 0 fully saturated rings. The monoisotopic (exact) mass is 734 g/mol. The summed E-state index contributed by atoms with van der Waals surface area (Å²) in [5.41, 5.74) is 2.28. The van der Waals surface area contributed by atoms with Crippen molar-refractivity contribution in [1.29, 1.82) is 0 Å². The molecule has 0 radical (unpaired) electrons. The predicted molar refractivity (Wildman–Crippen MR) is 178 cm³/mol. The zero-order valence-electron chi connectivity index (χ0n) is 24.0. The Morgan fingerprint density at radius 3 is 2.48 bits per heavy atom. The summed E-state index contributed by atoms with van der Waals surface area (Å²) in [4.78, 5) is 32.7. The standard InChI is InChI=1S/C32H26BrCl3N2O5S/c1-16(2)43-31(40)28-17(3)37-32-38(29(28)23-13-20(33)6-9-26(23)41-4)30(39)27(44-32)12-19-11-21(34)8-10-25(19)42-15-18-5-7-22(35)14-24(18)36/h5-14,16,29H,15H2,1-4H3/b27-12-/t29-/m1/s1. The quantitative estimate of drug-likeness (QED) is 0.175. The first-order valence-corrected chi connectivity index (χ1v) is 16.1. The van der Waals surface area contributed by atoms with Gasteiger partial charge < -0.3 is 14.2 Å². The molecule has 228 valence electrons. The second-order valence-electron chi connectivity index (χ2n) is 10.1. The lowest BCUT2D eigenvalue weighted by atomic mass is 9.95. The first kappa shape index (κ1) is 32.3. The fraction of sp³-hybridized carbons (Fsp3) is 0.219. The maximum absolute atomic E-state index is 14.2. The summed E-state index contributed by atoms with van der Waals surface area (Å²) in [6, 6.07) is 14.9. The highest BCUT2D eigenvalue weighted by molar-refractivity contribution is 9.10. The van der Waals surface area contributed by atoms with Gasteiger partial charge in [0.05, 0.1) is 29.0 Å². The number of halogens is 4. The van der Waals surface area contributed by atoms with E-state index in [1.165, 1.54) is 23.0 Å². The Morgan fingerprint density at radius 2 is 1.77 bits per heavy atom. The molecule has 2 heterocycles. The highest BCUT2D eigenvalue weighted by Gasteiger charge is 2.35. The summed E-state index contributed by atoms with van der Waals surface area (Å²) < 4.78 is 20.0. The lowest BCUT2D eigenvalue weighted by molar-refractivity contribution is -0.143. The van der Waals surface area contributed by atoms with Crippen LogP contribution in [0.5, 0.6) is 11.5 Å². The number of methoxy groups -OCH3 is 1. The average Bonchev–Trinajstić information content (AvgIpc) is 3.26. The molecular weight excluding hydrogens is 711 g/mol. The van der Waals surface area contributed by atoms with Crippen LogP contribution in [0.2, 0.25) is 15.1 Å². The van der Waals surface area contributed by atoms with Crippen LogP contribution in [-0.2, 0) is 16.1 Å². The van der Waals surface area contributed by atoms with Crippen molar-refractivity contribution in [3.8, 4) is 11.5 Å². The van der Waals surface area contributed by atoms with E-state index in [0.29, 0.717) is 52.7 Å². The van der Waals surface area contributed by atoms with Crippen LogP contribution in [0.25, 0.3) is 6.08 Å². The largest absolute Gasteiger partial charge is 0.496 e. The van der Waals surface area contributed by atoms with Gasteiger partial charge in [-0.3, -0.25) is 9.36 Å². The van der Waals surface area contributed by atoms with Gasteiger partial charge in [0.15, 0.2) is 4.80 Å². The minimum absolute atomic E-state index is 0.170. The van der Waals surface area contributed by atoms with Gasteiger partial charge in [0.1, 0.15) is 24.1 Å². The molecule has 0 unspecified atom stereocenters. The van der Waals surface area contributed by atoms with E-state index in [1.54, 1.807) is 69.3 Å². The molecule has 0 N–H and O–H groups in total. The van der Waals surface area contributed by atoms with Crippen LogP contribution in [0.3, 0.4) is 0 Å². The minimum Gasteiger partial charge on any atom is -0.496 e. The number of carbonyl (C=O) groups excluding carboxylic acids is 1. The molecule has 1 aromatic heterocycles. The number of ether oxygens (including phenoxy) is 3. The average molecular weight is 737 g/mol. The van der Waals surface area contributed by atoms with Crippen LogP contribution >= 0.6 is 62.1 Å². The highest BCUT2D eigenvalue weighted by atomic mass is 79.9. The van der Waals surface area contributed by atoms with E-state index in [-0.39, 0.29) is 23.8 Å². The number of thiazole rings is 1. The van der Waals surface area contributed by atoms with Gasteiger partial charge in [-0.15, -0.1) is 0 Å². The third kappa shape index (κ3) is 6.77. The van der Waals surface area contributed by atoms with Crippen LogP contribution < -0.4 is 24.4 Å². The normalized spacial score (nSPS) is 14.8. The zero-order valence-corrected chi connectivity index (χ0v) is 28.7. The van der Waals surface area contributed by atoms with Crippen LogP contribution in [0.1, 0.15) is 43.5 Å². The van der Waals surface area contributed by atoms with Gasteiger partial charge in [0.2, 0.25) is 0 Å². The molecule has 0 spiro atoms. The maximum Gasteiger partial charge on any atom is 0.338 e.